The monoisotopic (exact) mass is 429 g/mol. The summed E-state index contributed by atoms with van der Waals surface area (Å²) >= 11 is 7.37. The summed E-state index contributed by atoms with van der Waals surface area (Å²) in [7, 11) is 3.96. The van der Waals surface area contributed by atoms with Gasteiger partial charge in [-0.3, -0.25) is 4.79 Å². The van der Waals surface area contributed by atoms with Crippen LogP contribution in [0.25, 0.3) is 11.4 Å². The first kappa shape index (κ1) is 21.2. The Morgan fingerprint density at radius 2 is 1.79 bits per heavy atom. The molecule has 0 saturated carbocycles. The zero-order valence-corrected chi connectivity index (χ0v) is 18.5. The second-order valence-electron chi connectivity index (χ2n) is 6.75. The van der Waals surface area contributed by atoms with Crippen LogP contribution in [0.15, 0.2) is 53.7 Å². The number of amides is 1. The lowest BCUT2D eigenvalue weighted by atomic mass is 10.2. The molecule has 6 nitrogen and oxygen atoms in total. The average molecular weight is 430 g/mol. The van der Waals surface area contributed by atoms with Gasteiger partial charge in [0.05, 0.1) is 5.25 Å². The number of carbonyl (C=O) groups excluding carboxylic acids is 1. The predicted octanol–water partition coefficient (Wildman–Crippen LogP) is 4.80. The van der Waals surface area contributed by atoms with E-state index in [1.165, 1.54) is 11.8 Å². The Hall–Kier alpha value is -2.51. The first-order chi connectivity index (χ1) is 13.9. The molecule has 152 valence electrons. The maximum absolute atomic E-state index is 12.6. The molecule has 1 aromatic heterocycles. The maximum atomic E-state index is 12.6. The molecule has 0 radical (unpaired) electrons. The topological polar surface area (TPSA) is 63.1 Å². The molecule has 0 aliphatic carbocycles. The second kappa shape index (κ2) is 9.33. The zero-order valence-electron chi connectivity index (χ0n) is 16.9. The van der Waals surface area contributed by atoms with Crippen LogP contribution in [0.4, 0.5) is 11.4 Å². The standard InChI is InChI=1S/C21H24ClN5OS/c1-5-27-19(15-6-8-16(22)9-7-15)24-25-21(27)29-14(2)20(28)23-17-10-12-18(13-11-17)26(3)4/h6-14H,5H2,1-4H3,(H,23,28). The molecule has 0 spiro atoms. The number of nitrogens with zero attached hydrogens (tertiary/aromatic N) is 4. The van der Waals surface area contributed by atoms with Crippen LogP contribution in [-0.4, -0.2) is 40.0 Å². The van der Waals surface area contributed by atoms with Gasteiger partial charge in [0, 0.05) is 42.6 Å². The molecule has 0 aliphatic heterocycles. The maximum Gasteiger partial charge on any atom is 0.237 e. The molecule has 0 bridgehead atoms. The number of halogens is 1. The molecule has 2 aromatic carbocycles. The summed E-state index contributed by atoms with van der Waals surface area (Å²) in [5.41, 5.74) is 2.79. The molecular formula is C21H24ClN5OS. The van der Waals surface area contributed by atoms with Gasteiger partial charge < -0.3 is 14.8 Å². The van der Waals surface area contributed by atoms with E-state index in [2.05, 4.69) is 15.5 Å². The number of hydrogen-bond acceptors (Lipinski definition) is 5. The van der Waals surface area contributed by atoms with E-state index < -0.39 is 0 Å². The van der Waals surface area contributed by atoms with Crippen molar-refractivity contribution < 1.29 is 4.79 Å². The predicted molar refractivity (Wildman–Crippen MR) is 121 cm³/mol. The van der Waals surface area contributed by atoms with Crippen molar-refractivity contribution in [1.29, 1.82) is 0 Å². The van der Waals surface area contributed by atoms with Crippen LogP contribution >= 0.6 is 23.4 Å². The lowest BCUT2D eigenvalue weighted by molar-refractivity contribution is -0.115. The molecule has 1 heterocycles. The van der Waals surface area contributed by atoms with Gasteiger partial charge in [-0.1, -0.05) is 23.4 Å². The van der Waals surface area contributed by atoms with E-state index in [-0.39, 0.29) is 11.2 Å². The lowest BCUT2D eigenvalue weighted by Gasteiger charge is -2.15. The largest absolute Gasteiger partial charge is 0.378 e. The van der Waals surface area contributed by atoms with Crippen molar-refractivity contribution in [3.05, 3.63) is 53.6 Å². The van der Waals surface area contributed by atoms with Crippen LogP contribution in [0.1, 0.15) is 13.8 Å². The van der Waals surface area contributed by atoms with E-state index in [4.69, 9.17) is 11.6 Å². The van der Waals surface area contributed by atoms with Gasteiger partial charge in [-0.15, -0.1) is 10.2 Å². The zero-order chi connectivity index (χ0) is 21.0. The molecular weight excluding hydrogens is 406 g/mol. The Bertz CT molecular complexity index is 970. The van der Waals surface area contributed by atoms with Crippen molar-refractivity contribution in [2.75, 3.05) is 24.3 Å². The van der Waals surface area contributed by atoms with Gasteiger partial charge in [-0.05, 0) is 62.4 Å². The SMILES string of the molecule is CCn1c(SC(C)C(=O)Nc2ccc(N(C)C)cc2)nnc1-c1ccc(Cl)cc1. The summed E-state index contributed by atoms with van der Waals surface area (Å²) < 4.78 is 2.00. The van der Waals surface area contributed by atoms with Crippen molar-refractivity contribution >= 4 is 40.6 Å². The smallest absolute Gasteiger partial charge is 0.237 e. The first-order valence-corrected chi connectivity index (χ1v) is 10.6. The lowest BCUT2D eigenvalue weighted by Crippen LogP contribution is -2.23. The number of nitrogens with one attached hydrogen (secondary N) is 1. The van der Waals surface area contributed by atoms with Crippen molar-refractivity contribution in [3.63, 3.8) is 0 Å². The van der Waals surface area contributed by atoms with Crippen LogP contribution in [0.5, 0.6) is 0 Å². The number of hydrogen-bond donors (Lipinski definition) is 1. The third-order valence-corrected chi connectivity index (χ3v) is 5.77. The Morgan fingerprint density at radius 1 is 1.14 bits per heavy atom. The Balaban J connectivity index is 1.70. The van der Waals surface area contributed by atoms with Gasteiger partial charge >= 0.3 is 0 Å². The highest BCUT2D eigenvalue weighted by Gasteiger charge is 2.20. The quantitative estimate of drug-likeness (QED) is 0.546. The first-order valence-electron chi connectivity index (χ1n) is 9.33. The Kier molecular flexibility index (Phi) is 6.82. The molecule has 1 atom stereocenters. The normalized spacial score (nSPS) is 11.9. The van der Waals surface area contributed by atoms with E-state index in [0.29, 0.717) is 16.7 Å². The summed E-state index contributed by atoms with van der Waals surface area (Å²) in [6.45, 7) is 4.60. The minimum atomic E-state index is -0.323. The molecule has 1 N–H and O–H groups in total. The molecule has 3 aromatic rings. The van der Waals surface area contributed by atoms with Gasteiger partial charge in [0.2, 0.25) is 5.91 Å². The van der Waals surface area contributed by atoms with E-state index in [0.717, 1.165) is 22.8 Å². The van der Waals surface area contributed by atoms with Gasteiger partial charge in [0.1, 0.15) is 0 Å². The number of thioether (sulfide) groups is 1. The van der Waals surface area contributed by atoms with E-state index in [1.54, 1.807) is 0 Å². The summed E-state index contributed by atoms with van der Waals surface area (Å²) in [4.78, 5) is 14.6. The summed E-state index contributed by atoms with van der Waals surface area (Å²) in [6.07, 6.45) is 0. The fourth-order valence-electron chi connectivity index (χ4n) is 2.77. The number of carbonyl (C=O) groups is 1. The second-order valence-corrected chi connectivity index (χ2v) is 8.49. The van der Waals surface area contributed by atoms with Crippen LogP contribution < -0.4 is 10.2 Å². The Morgan fingerprint density at radius 3 is 2.38 bits per heavy atom. The van der Waals surface area contributed by atoms with Gasteiger partial charge in [0.25, 0.3) is 0 Å². The van der Waals surface area contributed by atoms with Crippen molar-refractivity contribution in [2.24, 2.45) is 0 Å². The van der Waals surface area contributed by atoms with Crippen molar-refractivity contribution in [3.8, 4) is 11.4 Å². The molecule has 0 saturated heterocycles. The third kappa shape index (κ3) is 5.10. The molecule has 29 heavy (non-hydrogen) atoms. The summed E-state index contributed by atoms with van der Waals surface area (Å²) in [5.74, 6) is 0.685. The fraction of sp³-hybridized carbons (Fsp3) is 0.286. The van der Waals surface area contributed by atoms with Crippen LogP contribution in [0.2, 0.25) is 5.02 Å². The number of rotatable bonds is 7. The van der Waals surface area contributed by atoms with Crippen LogP contribution in [0.3, 0.4) is 0 Å². The number of aromatic nitrogens is 3. The molecule has 1 unspecified atom stereocenters. The molecule has 1 amide bonds. The van der Waals surface area contributed by atoms with Gasteiger partial charge in [-0.25, -0.2) is 0 Å². The third-order valence-electron chi connectivity index (χ3n) is 4.44. The van der Waals surface area contributed by atoms with Crippen LogP contribution in [-0.2, 0) is 11.3 Å². The average Bonchev–Trinajstić information content (AvgIpc) is 3.11. The highest BCUT2D eigenvalue weighted by atomic mass is 35.5. The van der Waals surface area contributed by atoms with Crippen molar-refractivity contribution in [1.82, 2.24) is 14.8 Å². The Labute approximate surface area is 180 Å². The molecule has 3 rings (SSSR count). The molecule has 0 fully saturated rings. The number of anilines is 2. The van der Waals surface area contributed by atoms with E-state index in [1.807, 2.05) is 85.9 Å². The van der Waals surface area contributed by atoms with E-state index >= 15 is 0 Å². The molecule has 0 aliphatic rings. The van der Waals surface area contributed by atoms with E-state index in [9.17, 15) is 4.79 Å². The highest BCUT2D eigenvalue weighted by Crippen LogP contribution is 2.28. The highest BCUT2D eigenvalue weighted by molar-refractivity contribution is 8.00. The summed E-state index contributed by atoms with van der Waals surface area (Å²) in [6, 6.07) is 15.2. The minimum Gasteiger partial charge on any atom is -0.378 e. The van der Waals surface area contributed by atoms with Crippen molar-refractivity contribution in [2.45, 2.75) is 30.8 Å². The van der Waals surface area contributed by atoms with Gasteiger partial charge in [0.15, 0.2) is 11.0 Å². The molecule has 8 heteroatoms. The fourth-order valence-corrected chi connectivity index (χ4v) is 3.81. The van der Waals surface area contributed by atoms with Gasteiger partial charge in [-0.2, -0.15) is 0 Å². The minimum absolute atomic E-state index is 0.0775. The van der Waals surface area contributed by atoms with Crippen LogP contribution in [0, 0.1) is 0 Å². The summed E-state index contributed by atoms with van der Waals surface area (Å²) in [5, 5.41) is 12.6. The number of benzene rings is 2.